The number of nitrogens with zero attached hydrogens (tertiary/aromatic N) is 2. The lowest BCUT2D eigenvalue weighted by Crippen LogP contribution is -2.61. The van der Waals surface area contributed by atoms with Crippen molar-refractivity contribution in [1.29, 1.82) is 0 Å². The lowest BCUT2D eigenvalue weighted by atomic mass is 9.78. The molecule has 7 nitrogen and oxygen atoms in total. The fourth-order valence-electron chi connectivity index (χ4n) is 3.35. The van der Waals surface area contributed by atoms with Crippen LogP contribution < -0.4 is 5.46 Å². The number of likely N-dealkylation sites (N-methyl/N-ethyl adjacent to an activating group) is 1. The Morgan fingerprint density at radius 3 is 2.19 bits per heavy atom. The Bertz CT molecular complexity index is 861. The minimum absolute atomic E-state index is 0.0819. The highest BCUT2D eigenvalue weighted by Gasteiger charge is 2.51. The van der Waals surface area contributed by atoms with Crippen LogP contribution in [0.25, 0.3) is 0 Å². The van der Waals surface area contributed by atoms with E-state index in [1.54, 1.807) is 24.1 Å². The molecular weight excluding hydrogens is 419 g/mol. The average Bonchev–Trinajstić information content (AvgIpc) is 2.79. The molecule has 2 amide bonds. The van der Waals surface area contributed by atoms with Gasteiger partial charge in [0, 0.05) is 20.1 Å². The van der Waals surface area contributed by atoms with Gasteiger partial charge in [-0.1, -0.05) is 17.7 Å². The molecule has 0 bridgehead atoms. The van der Waals surface area contributed by atoms with Crippen molar-refractivity contribution in [3.63, 3.8) is 0 Å². The SMILES string of the molecule is CN(C(=O)OC(C)(C)C)C1CN(C(=O)c2ccc(B3OC(C)(C)C(C)(C)O3)cc2Cl)C1. The summed E-state index contributed by atoms with van der Waals surface area (Å²) in [4.78, 5) is 28.3. The van der Waals surface area contributed by atoms with Crippen molar-refractivity contribution < 1.29 is 23.6 Å². The molecule has 3 rings (SSSR count). The lowest BCUT2D eigenvalue weighted by molar-refractivity contribution is -0.00206. The maximum Gasteiger partial charge on any atom is 0.494 e. The van der Waals surface area contributed by atoms with Gasteiger partial charge in [0.1, 0.15) is 5.60 Å². The first-order valence-electron chi connectivity index (χ1n) is 10.5. The van der Waals surface area contributed by atoms with Crippen LogP contribution in [0.2, 0.25) is 5.02 Å². The first-order chi connectivity index (χ1) is 14.1. The van der Waals surface area contributed by atoms with E-state index in [-0.39, 0.29) is 11.9 Å². The molecule has 0 saturated carbocycles. The van der Waals surface area contributed by atoms with Gasteiger partial charge in [-0.2, -0.15) is 0 Å². The number of rotatable bonds is 3. The van der Waals surface area contributed by atoms with Crippen molar-refractivity contribution in [2.75, 3.05) is 20.1 Å². The Morgan fingerprint density at radius 1 is 1.16 bits per heavy atom. The fraction of sp³-hybridized carbons (Fsp3) is 0.636. The summed E-state index contributed by atoms with van der Waals surface area (Å²) in [7, 11) is 1.15. The van der Waals surface area contributed by atoms with E-state index in [4.69, 9.17) is 25.6 Å². The molecular formula is C22H32BClN2O5. The maximum atomic E-state index is 12.9. The Labute approximate surface area is 190 Å². The van der Waals surface area contributed by atoms with E-state index >= 15 is 0 Å². The van der Waals surface area contributed by atoms with Crippen LogP contribution in [0.15, 0.2) is 18.2 Å². The molecule has 2 aliphatic heterocycles. The van der Waals surface area contributed by atoms with Gasteiger partial charge in [0.05, 0.1) is 27.8 Å². The number of halogens is 1. The smallest absolute Gasteiger partial charge is 0.444 e. The van der Waals surface area contributed by atoms with Crippen LogP contribution >= 0.6 is 11.6 Å². The van der Waals surface area contributed by atoms with E-state index in [2.05, 4.69) is 0 Å². The number of hydrogen-bond donors (Lipinski definition) is 0. The zero-order valence-electron chi connectivity index (χ0n) is 19.6. The molecule has 9 heteroatoms. The van der Waals surface area contributed by atoms with Gasteiger partial charge in [-0.25, -0.2) is 4.79 Å². The van der Waals surface area contributed by atoms with Gasteiger partial charge < -0.3 is 23.8 Å². The van der Waals surface area contributed by atoms with Crippen molar-refractivity contribution in [1.82, 2.24) is 9.80 Å². The quantitative estimate of drug-likeness (QED) is 0.661. The molecule has 31 heavy (non-hydrogen) atoms. The van der Waals surface area contributed by atoms with Crippen LogP contribution in [0.3, 0.4) is 0 Å². The third-order valence-corrected chi connectivity index (χ3v) is 6.44. The summed E-state index contributed by atoms with van der Waals surface area (Å²) >= 11 is 6.45. The molecule has 0 aromatic heterocycles. The van der Waals surface area contributed by atoms with Crippen molar-refractivity contribution >= 4 is 36.2 Å². The van der Waals surface area contributed by atoms with E-state index in [0.29, 0.717) is 23.7 Å². The number of carbonyl (C=O) groups is 2. The highest BCUT2D eigenvalue weighted by Crippen LogP contribution is 2.36. The predicted octanol–water partition coefficient (Wildman–Crippen LogP) is 3.33. The molecule has 0 unspecified atom stereocenters. The third kappa shape index (κ3) is 4.86. The summed E-state index contributed by atoms with van der Waals surface area (Å²) in [6.07, 6.45) is -0.394. The van der Waals surface area contributed by atoms with Crippen molar-refractivity contribution in [3.05, 3.63) is 28.8 Å². The number of likely N-dealkylation sites (tertiary alicyclic amines) is 1. The molecule has 0 atom stereocenters. The molecule has 0 aliphatic carbocycles. The molecule has 2 saturated heterocycles. The van der Waals surface area contributed by atoms with Gasteiger partial charge in [0.2, 0.25) is 0 Å². The zero-order valence-corrected chi connectivity index (χ0v) is 20.4. The first kappa shape index (κ1) is 23.9. The highest BCUT2D eigenvalue weighted by molar-refractivity contribution is 6.62. The number of amides is 2. The molecule has 2 heterocycles. The Morgan fingerprint density at radius 2 is 1.71 bits per heavy atom. The molecule has 2 aliphatic rings. The van der Waals surface area contributed by atoms with Gasteiger partial charge in [-0.05, 0) is 66.1 Å². The number of ether oxygens (including phenoxy) is 1. The lowest BCUT2D eigenvalue weighted by Gasteiger charge is -2.44. The average molecular weight is 451 g/mol. The van der Waals surface area contributed by atoms with Gasteiger partial charge in [0.15, 0.2) is 0 Å². The standard InChI is InChI=1S/C22H32BClN2O5/c1-20(2,3)29-19(28)25(8)15-12-26(13-15)18(27)16-10-9-14(11-17(16)24)23-30-21(4,5)22(6,7)31-23/h9-11,15H,12-13H2,1-8H3. The number of carbonyl (C=O) groups excluding carboxylic acids is 2. The van der Waals surface area contributed by atoms with Crippen LogP contribution in [0.4, 0.5) is 4.79 Å². The van der Waals surface area contributed by atoms with E-state index in [1.807, 2.05) is 54.5 Å². The van der Waals surface area contributed by atoms with Crippen LogP contribution in [0, 0.1) is 0 Å². The second-order valence-corrected chi connectivity index (χ2v) is 10.7. The van der Waals surface area contributed by atoms with Gasteiger partial charge in [-0.3, -0.25) is 4.79 Å². The maximum absolute atomic E-state index is 12.9. The predicted molar refractivity (Wildman–Crippen MR) is 121 cm³/mol. The van der Waals surface area contributed by atoms with E-state index in [1.165, 1.54) is 4.90 Å². The molecule has 0 spiro atoms. The summed E-state index contributed by atoms with van der Waals surface area (Å²) in [5.74, 6) is -0.167. The second kappa shape index (κ2) is 7.98. The highest BCUT2D eigenvalue weighted by atomic mass is 35.5. The van der Waals surface area contributed by atoms with Crippen molar-refractivity contribution in [2.24, 2.45) is 0 Å². The van der Waals surface area contributed by atoms with E-state index in [0.717, 1.165) is 5.46 Å². The minimum atomic E-state index is -0.558. The van der Waals surface area contributed by atoms with Crippen LogP contribution in [0.1, 0.15) is 58.8 Å². The summed E-state index contributed by atoms with van der Waals surface area (Å²) < 4.78 is 17.5. The van der Waals surface area contributed by atoms with Gasteiger partial charge >= 0.3 is 13.2 Å². The fourth-order valence-corrected chi connectivity index (χ4v) is 3.62. The molecule has 0 N–H and O–H groups in total. The topological polar surface area (TPSA) is 68.3 Å². The zero-order chi connectivity index (χ0) is 23.4. The van der Waals surface area contributed by atoms with E-state index < -0.39 is 30.0 Å². The summed E-state index contributed by atoms with van der Waals surface area (Å²) in [6, 6.07) is 5.16. The van der Waals surface area contributed by atoms with Gasteiger partial charge in [-0.15, -0.1) is 0 Å². The van der Waals surface area contributed by atoms with Crippen molar-refractivity contribution in [2.45, 2.75) is 71.3 Å². The van der Waals surface area contributed by atoms with Crippen molar-refractivity contribution in [3.8, 4) is 0 Å². The number of benzene rings is 1. The molecule has 170 valence electrons. The summed E-state index contributed by atoms with van der Waals surface area (Å²) in [5, 5.41) is 0.348. The monoisotopic (exact) mass is 450 g/mol. The molecule has 2 fully saturated rings. The summed E-state index contributed by atoms with van der Waals surface area (Å²) in [6.45, 7) is 14.3. The Balaban J connectivity index is 1.62. The third-order valence-electron chi connectivity index (χ3n) is 6.13. The molecule has 1 aromatic carbocycles. The Hall–Kier alpha value is -1.77. The van der Waals surface area contributed by atoms with Crippen LogP contribution in [-0.2, 0) is 14.0 Å². The normalized spacial score (nSPS) is 20.4. The molecule has 1 aromatic rings. The molecule has 0 radical (unpaired) electrons. The largest absolute Gasteiger partial charge is 0.494 e. The Kier molecular flexibility index (Phi) is 6.15. The minimum Gasteiger partial charge on any atom is -0.444 e. The first-order valence-corrected chi connectivity index (χ1v) is 10.9. The van der Waals surface area contributed by atoms with E-state index in [9.17, 15) is 9.59 Å². The van der Waals surface area contributed by atoms with Crippen LogP contribution in [-0.4, -0.2) is 71.9 Å². The van der Waals surface area contributed by atoms with Gasteiger partial charge in [0.25, 0.3) is 5.91 Å². The second-order valence-electron chi connectivity index (χ2n) is 10.3. The summed E-state index contributed by atoms with van der Waals surface area (Å²) in [5.41, 5.74) is -0.278. The van der Waals surface area contributed by atoms with Crippen LogP contribution in [0.5, 0.6) is 0 Å². The number of hydrogen-bond acceptors (Lipinski definition) is 5.